The van der Waals surface area contributed by atoms with Crippen LogP contribution < -0.4 is 5.43 Å². The lowest BCUT2D eigenvalue weighted by molar-refractivity contribution is 0.724. The van der Waals surface area contributed by atoms with Crippen molar-refractivity contribution >= 4 is 29.0 Å². The fraction of sp³-hybridized carbons (Fsp3) is 0.308. The molecule has 0 spiro atoms. The van der Waals surface area contributed by atoms with Crippen molar-refractivity contribution in [3.05, 3.63) is 76.4 Å². The van der Waals surface area contributed by atoms with E-state index >= 15 is 0 Å². The minimum absolute atomic E-state index is 0.783. The Labute approximate surface area is 174 Å². The molecule has 1 heterocycles. The molecule has 0 saturated carbocycles. The number of fused-ring (bicyclic) bond motifs is 1. The Bertz CT molecular complexity index is 1020. The van der Waals surface area contributed by atoms with Gasteiger partial charge in [-0.15, -0.1) is 0 Å². The second kappa shape index (κ2) is 10.0. The summed E-state index contributed by atoms with van der Waals surface area (Å²) in [4.78, 5) is 4.79. The monoisotopic (exact) mass is 385 g/mol. The van der Waals surface area contributed by atoms with E-state index in [1.54, 1.807) is 0 Å². The maximum atomic E-state index is 4.79. The van der Waals surface area contributed by atoms with Gasteiger partial charge in [0.25, 0.3) is 0 Å². The molecule has 150 valence electrons. The molecular weight excluding hydrogens is 354 g/mol. The van der Waals surface area contributed by atoms with Gasteiger partial charge in [-0.25, -0.2) is 4.98 Å². The van der Waals surface area contributed by atoms with Gasteiger partial charge in [-0.2, -0.15) is 5.10 Å². The molecule has 3 rings (SSSR count). The molecule has 0 amide bonds. The molecule has 0 radical (unpaired) electrons. The largest absolute Gasteiger partial charge is 0.261 e. The first-order chi connectivity index (χ1) is 14.1. The number of pyridine rings is 1. The van der Waals surface area contributed by atoms with Crippen LogP contribution in [0.15, 0.2) is 59.2 Å². The molecular formula is C26H31N3. The number of anilines is 1. The second-order valence-corrected chi connectivity index (χ2v) is 7.76. The molecule has 0 fully saturated rings. The highest BCUT2D eigenvalue weighted by atomic mass is 15.3. The standard InChI is InChI=1S/C26H31N3/c1-5-6-8-13-23(17-22-11-9-7-10-12-22)18-27-29-25-16-20(3)24-15-19(2)14-21(4)26(24)28-25/h7,9-12,14-18H,5-6,8,13H2,1-4H3,(H,28,29). The fourth-order valence-corrected chi connectivity index (χ4v) is 3.60. The summed E-state index contributed by atoms with van der Waals surface area (Å²) in [5.41, 5.74) is 10.3. The third-order valence-corrected chi connectivity index (χ3v) is 5.09. The first-order valence-electron chi connectivity index (χ1n) is 10.5. The van der Waals surface area contributed by atoms with Gasteiger partial charge < -0.3 is 0 Å². The van der Waals surface area contributed by atoms with Crippen LogP contribution in [0.5, 0.6) is 0 Å². The van der Waals surface area contributed by atoms with Crippen LogP contribution in [-0.2, 0) is 0 Å². The van der Waals surface area contributed by atoms with Crippen LogP contribution in [0.2, 0.25) is 0 Å². The van der Waals surface area contributed by atoms with E-state index in [1.807, 2.05) is 12.3 Å². The molecule has 1 aromatic heterocycles. The normalized spacial score (nSPS) is 12.1. The molecule has 3 nitrogen and oxygen atoms in total. The molecule has 0 atom stereocenters. The Hall–Kier alpha value is -2.94. The van der Waals surface area contributed by atoms with Crippen LogP contribution >= 0.6 is 0 Å². The van der Waals surface area contributed by atoms with Crippen LogP contribution in [-0.4, -0.2) is 11.2 Å². The molecule has 0 unspecified atom stereocenters. The maximum Gasteiger partial charge on any atom is 0.147 e. The number of benzene rings is 2. The van der Waals surface area contributed by atoms with Crippen molar-refractivity contribution < 1.29 is 0 Å². The SMILES string of the molecule is CCCCCC(C=NNc1cc(C)c2cc(C)cc(C)c2n1)=Cc1ccccc1. The van der Waals surface area contributed by atoms with E-state index in [9.17, 15) is 0 Å². The third-order valence-electron chi connectivity index (χ3n) is 5.09. The highest BCUT2D eigenvalue weighted by Crippen LogP contribution is 2.24. The molecule has 0 aliphatic rings. The summed E-state index contributed by atoms with van der Waals surface area (Å²) in [5, 5.41) is 5.72. The van der Waals surface area contributed by atoms with Gasteiger partial charge in [0.05, 0.1) is 11.7 Å². The average Bonchev–Trinajstić information content (AvgIpc) is 2.70. The third kappa shape index (κ3) is 5.77. The smallest absolute Gasteiger partial charge is 0.147 e. The highest BCUT2D eigenvalue weighted by Gasteiger charge is 2.06. The summed E-state index contributed by atoms with van der Waals surface area (Å²) < 4.78 is 0. The zero-order valence-electron chi connectivity index (χ0n) is 18.0. The number of nitrogens with one attached hydrogen (secondary N) is 1. The number of hydrazone groups is 1. The molecule has 3 heteroatoms. The number of hydrogen-bond donors (Lipinski definition) is 1. The highest BCUT2D eigenvalue weighted by molar-refractivity contribution is 5.88. The van der Waals surface area contributed by atoms with E-state index in [-0.39, 0.29) is 0 Å². The molecule has 0 aliphatic heterocycles. The maximum absolute atomic E-state index is 4.79. The number of aryl methyl sites for hydroxylation is 3. The van der Waals surface area contributed by atoms with Crippen molar-refractivity contribution in [3.63, 3.8) is 0 Å². The lowest BCUT2D eigenvalue weighted by Gasteiger charge is -2.09. The van der Waals surface area contributed by atoms with Gasteiger partial charge >= 0.3 is 0 Å². The summed E-state index contributed by atoms with van der Waals surface area (Å²) in [7, 11) is 0. The van der Waals surface area contributed by atoms with Crippen molar-refractivity contribution in [1.29, 1.82) is 0 Å². The summed E-state index contributed by atoms with van der Waals surface area (Å²) in [6, 6.07) is 16.9. The zero-order valence-corrected chi connectivity index (χ0v) is 18.0. The minimum Gasteiger partial charge on any atom is -0.261 e. The molecule has 0 aliphatic carbocycles. The van der Waals surface area contributed by atoms with E-state index < -0.39 is 0 Å². The lowest BCUT2D eigenvalue weighted by Crippen LogP contribution is -1.98. The number of rotatable bonds is 8. The van der Waals surface area contributed by atoms with E-state index in [2.05, 4.69) is 86.8 Å². The van der Waals surface area contributed by atoms with E-state index in [0.29, 0.717) is 0 Å². The molecule has 3 aromatic rings. The van der Waals surface area contributed by atoms with Crippen LogP contribution in [0, 0.1) is 20.8 Å². The molecule has 2 aromatic carbocycles. The van der Waals surface area contributed by atoms with Gasteiger partial charge in [-0.3, -0.25) is 5.43 Å². The second-order valence-electron chi connectivity index (χ2n) is 7.76. The first kappa shape index (κ1) is 20.8. The Morgan fingerprint density at radius 3 is 2.55 bits per heavy atom. The van der Waals surface area contributed by atoms with Crippen LogP contribution in [0.25, 0.3) is 17.0 Å². The number of unbranched alkanes of at least 4 members (excludes halogenated alkanes) is 2. The quantitative estimate of drug-likeness (QED) is 0.252. The number of hydrogen-bond acceptors (Lipinski definition) is 3. The number of allylic oxidation sites excluding steroid dienone is 1. The molecule has 0 saturated heterocycles. The van der Waals surface area contributed by atoms with Gasteiger partial charge in [-0.1, -0.05) is 67.8 Å². The van der Waals surface area contributed by atoms with Gasteiger partial charge in [-0.05, 0) is 68.0 Å². The summed E-state index contributed by atoms with van der Waals surface area (Å²) >= 11 is 0. The lowest BCUT2D eigenvalue weighted by atomic mass is 10.0. The van der Waals surface area contributed by atoms with Crippen molar-refractivity contribution in [2.75, 3.05) is 5.43 Å². The molecule has 0 bridgehead atoms. The van der Waals surface area contributed by atoms with Gasteiger partial charge in [0, 0.05) is 5.39 Å². The minimum atomic E-state index is 0.783. The van der Waals surface area contributed by atoms with E-state index in [4.69, 9.17) is 4.98 Å². The molecule has 29 heavy (non-hydrogen) atoms. The van der Waals surface area contributed by atoms with Crippen molar-refractivity contribution in [3.8, 4) is 0 Å². The van der Waals surface area contributed by atoms with Gasteiger partial charge in [0.1, 0.15) is 5.82 Å². The topological polar surface area (TPSA) is 37.3 Å². The number of aromatic nitrogens is 1. The van der Waals surface area contributed by atoms with Crippen molar-refractivity contribution in [2.45, 2.75) is 53.4 Å². The van der Waals surface area contributed by atoms with Crippen LogP contribution in [0.1, 0.15) is 54.9 Å². The van der Waals surface area contributed by atoms with Gasteiger partial charge in [0.2, 0.25) is 0 Å². The predicted octanol–water partition coefficient (Wildman–Crippen LogP) is 7.22. The van der Waals surface area contributed by atoms with E-state index in [1.165, 1.54) is 52.5 Å². The van der Waals surface area contributed by atoms with Crippen molar-refractivity contribution in [1.82, 2.24) is 4.98 Å². The summed E-state index contributed by atoms with van der Waals surface area (Å²) in [6.07, 6.45) is 8.80. The Kier molecular flexibility index (Phi) is 7.18. The van der Waals surface area contributed by atoms with Crippen molar-refractivity contribution in [2.24, 2.45) is 5.10 Å². The zero-order chi connectivity index (χ0) is 20.6. The van der Waals surface area contributed by atoms with E-state index in [0.717, 1.165) is 17.8 Å². The molecule has 1 N–H and O–H groups in total. The Balaban J connectivity index is 1.80. The van der Waals surface area contributed by atoms with Crippen LogP contribution in [0.4, 0.5) is 5.82 Å². The average molecular weight is 386 g/mol. The Morgan fingerprint density at radius 2 is 1.79 bits per heavy atom. The Morgan fingerprint density at radius 1 is 1.00 bits per heavy atom. The summed E-state index contributed by atoms with van der Waals surface area (Å²) in [6.45, 7) is 8.60. The predicted molar refractivity (Wildman–Crippen MR) is 127 cm³/mol. The number of nitrogens with zero attached hydrogens (tertiary/aromatic N) is 2. The van der Waals surface area contributed by atoms with Gasteiger partial charge in [0.15, 0.2) is 0 Å². The fourth-order valence-electron chi connectivity index (χ4n) is 3.60. The van der Waals surface area contributed by atoms with Crippen LogP contribution in [0.3, 0.4) is 0 Å². The summed E-state index contributed by atoms with van der Waals surface area (Å²) in [5.74, 6) is 0.783. The first-order valence-corrected chi connectivity index (χ1v) is 10.5.